The molecule has 0 aliphatic heterocycles. The van der Waals surface area contributed by atoms with Gasteiger partial charge in [0.05, 0.1) is 6.26 Å². The van der Waals surface area contributed by atoms with Crippen LogP contribution >= 0.6 is 11.3 Å². The molecule has 96 valence electrons. The predicted molar refractivity (Wildman–Crippen MR) is 69.3 cm³/mol. The molecule has 0 bridgehead atoms. The first-order chi connectivity index (χ1) is 8.42. The third kappa shape index (κ3) is 3.71. The van der Waals surface area contributed by atoms with Gasteiger partial charge in [-0.1, -0.05) is 0 Å². The molecule has 0 amide bonds. The van der Waals surface area contributed by atoms with Gasteiger partial charge in [-0.2, -0.15) is 0 Å². The lowest BCUT2D eigenvalue weighted by Crippen LogP contribution is -2.07. The van der Waals surface area contributed by atoms with Gasteiger partial charge in [-0.05, 0) is 24.3 Å². The van der Waals surface area contributed by atoms with Crippen molar-refractivity contribution >= 4 is 26.4 Å². The van der Waals surface area contributed by atoms with Crippen molar-refractivity contribution in [2.45, 2.75) is 0 Å². The molecule has 1 aromatic carbocycles. The van der Waals surface area contributed by atoms with Gasteiger partial charge in [-0.15, -0.1) is 11.3 Å². The Labute approximate surface area is 108 Å². The largest absolute Gasteiger partial charge is 0.456 e. The van der Waals surface area contributed by atoms with Crippen LogP contribution in [0.5, 0.6) is 11.5 Å². The fourth-order valence-electron chi connectivity index (χ4n) is 1.25. The Morgan fingerprint density at radius 2 is 1.89 bits per heavy atom. The van der Waals surface area contributed by atoms with Crippen molar-refractivity contribution in [2.24, 2.45) is 0 Å². The van der Waals surface area contributed by atoms with E-state index >= 15 is 0 Å². The maximum absolute atomic E-state index is 12.7. The molecule has 0 fully saturated rings. The third-order valence-corrected chi connectivity index (χ3v) is 3.45. The first-order valence-corrected chi connectivity index (χ1v) is 7.69. The summed E-state index contributed by atoms with van der Waals surface area (Å²) in [5.41, 5.74) is 0. The Kier molecular flexibility index (Phi) is 3.53. The number of halogens is 1. The minimum Gasteiger partial charge on any atom is -0.456 e. The van der Waals surface area contributed by atoms with E-state index in [0.29, 0.717) is 16.5 Å². The van der Waals surface area contributed by atoms with Crippen molar-refractivity contribution in [2.75, 3.05) is 11.0 Å². The lowest BCUT2D eigenvalue weighted by atomic mass is 10.3. The molecule has 2 rings (SSSR count). The van der Waals surface area contributed by atoms with Crippen molar-refractivity contribution in [3.63, 3.8) is 0 Å². The smallest absolute Gasteiger partial charge is 0.230 e. The molecule has 0 unspecified atom stereocenters. The molecule has 0 saturated heterocycles. The van der Waals surface area contributed by atoms with Crippen LogP contribution in [0.3, 0.4) is 0 Å². The van der Waals surface area contributed by atoms with Crippen LogP contribution in [-0.4, -0.2) is 14.7 Å². The van der Waals surface area contributed by atoms with E-state index in [-0.39, 0.29) is 5.82 Å². The summed E-state index contributed by atoms with van der Waals surface area (Å²) in [4.78, 5) is 0. The number of nitrogens with one attached hydrogen (secondary N) is 1. The SMILES string of the molecule is CS(=O)(=O)Nc1cc(Oc2ccc(F)cc2)cs1. The summed E-state index contributed by atoms with van der Waals surface area (Å²) >= 11 is 1.21. The Morgan fingerprint density at radius 3 is 2.50 bits per heavy atom. The summed E-state index contributed by atoms with van der Waals surface area (Å²) in [7, 11) is -3.29. The van der Waals surface area contributed by atoms with Gasteiger partial charge in [0.25, 0.3) is 0 Å². The second-order valence-corrected chi connectivity index (χ2v) is 6.24. The number of rotatable bonds is 4. The van der Waals surface area contributed by atoms with E-state index in [0.717, 1.165) is 6.26 Å². The molecule has 1 aromatic heterocycles. The molecule has 0 radical (unpaired) electrons. The fraction of sp³-hybridized carbons (Fsp3) is 0.0909. The Bertz CT molecular complexity index is 635. The van der Waals surface area contributed by atoms with Gasteiger partial charge < -0.3 is 4.74 Å². The Hall–Kier alpha value is -1.60. The molecular formula is C11H10FNO3S2. The highest BCUT2D eigenvalue weighted by Crippen LogP contribution is 2.30. The second-order valence-electron chi connectivity index (χ2n) is 3.58. The van der Waals surface area contributed by atoms with E-state index in [1.165, 1.54) is 35.6 Å². The topological polar surface area (TPSA) is 55.4 Å². The number of benzene rings is 1. The van der Waals surface area contributed by atoms with E-state index in [1.54, 1.807) is 11.4 Å². The summed E-state index contributed by atoms with van der Waals surface area (Å²) in [6, 6.07) is 7.14. The van der Waals surface area contributed by atoms with Crippen LogP contribution in [0, 0.1) is 5.82 Å². The zero-order chi connectivity index (χ0) is 13.2. The molecule has 1 heterocycles. The lowest BCUT2D eigenvalue weighted by Gasteiger charge is -2.02. The van der Waals surface area contributed by atoms with Gasteiger partial charge in [0.2, 0.25) is 10.0 Å². The van der Waals surface area contributed by atoms with Crippen LogP contribution in [0.1, 0.15) is 0 Å². The minimum absolute atomic E-state index is 0.341. The van der Waals surface area contributed by atoms with Gasteiger partial charge in [0.15, 0.2) is 0 Å². The molecule has 0 saturated carbocycles. The van der Waals surface area contributed by atoms with Gasteiger partial charge in [-0.25, -0.2) is 12.8 Å². The average Bonchev–Trinajstić information content (AvgIpc) is 2.66. The molecule has 18 heavy (non-hydrogen) atoms. The zero-order valence-electron chi connectivity index (χ0n) is 9.38. The molecule has 4 nitrogen and oxygen atoms in total. The average molecular weight is 287 g/mol. The minimum atomic E-state index is -3.29. The fourth-order valence-corrected chi connectivity index (χ4v) is 2.86. The number of thiophene rings is 1. The predicted octanol–water partition coefficient (Wildman–Crippen LogP) is 3.05. The summed E-state index contributed by atoms with van der Waals surface area (Å²) in [5.74, 6) is 0.643. The van der Waals surface area contributed by atoms with Crippen molar-refractivity contribution in [3.8, 4) is 11.5 Å². The highest BCUT2D eigenvalue weighted by atomic mass is 32.2. The number of hydrogen-bond donors (Lipinski definition) is 1. The summed E-state index contributed by atoms with van der Waals surface area (Å²) in [5, 5.41) is 2.13. The molecule has 1 N–H and O–H groups in total. The maximum atomic E-state index is 12.7. The van der Waals surface area contributed by atoms with E-state index in [9.17, 15) is 12.8 Å². The maximum Gasteiger partial charge on any atom is 0.230 e. The molecule has 0 aliphatic carbocycles. The number of anilines is 1. The van der Waals surface area contributed by atoms with Crippen molar-refractivity contribution in [1.82, 2.24) is 0 Å². The number of ether oxygens (including phenoxy) is 1. The van der Waals surface area contributed by atoms with Gasteiger partial charge >= 0.3 is 0 Å². The molecular weight excluding hydrogens is 277 g/mol. The zero-order valence-corrected chi connectivity index (χ0v) is 11.0. The van der Waals surface area contributed by atoms with Gasteiger partial charge in [0, 0.05) is 11.4 Å². The van der Waals surface area contributed by atoms with Crippen LogP contribution in [0.2, 0.25) is 0 Å². The standard InChI is InChI=1S/C11H10FNO3S2/c1-18(14,15)13-11-6-10(7-17-11)16-9-4-2-8(12)3-5-9/h2-7,13H,1H3. The van der Waals surface area contributed by atoms with E-state index < -0.39 is 10.0 Å². The highest BCUT2D eigenvalue weighted by Gasteiger charge is 2.06. The monoisotopic (exact) mass is 287 g/mol. The van der Waals surface area contributed by atoms with Crippen LogP contribution in [-0.2, 0) is 10.0 Å². The number of sulfonamides is 1. The van der Waals surface area contributed by atoms with Gasteiger partial charge in [-0.3, -0.25) is 4.72 Å². The van der Waals surface area contributed by atoms with Crippen LogP contribution < -0.4 is 9.46 Å². The van der Waals surface area contributed by atoms with Gasteiger partial charge in [0.1, 0.15) is 22.3 Å². The van der Waals surface area contributed by atoms with Crippen molar-refractivity contribution < 1.29 is 17.5 Å². The summed E-state index contributed by atoms with van der Waals surface area (Å²) in [6.45, 7) is 0. The molecule has 0 aliphatic rings. The highest BCUT2D eigenvalue weighted by molar-refractivity contribution is 7.92. The first kappa shape index (κ1) is 12.8. The molecule has 7 heteroatoms. The molecule has 2 aromatic rings. The van der Waals surface area contributed by atoms with E-state index in [1.807, 2.05) is 0 Å². The number of hydrogen-bond acceptors (Lipinski definition) is 4. The normalized spacial score (nSPS) is 11.2. The van der Waals surface area contributed by atoms with E-state index in [4.69, 9.17) is 4.74 Å². The Balaban J connectivity index is 2.09. The first-order valence-electron chi connectivity index (χ1n) is 4.92. The Morgan fingerprint density at radius 1 is 1.22 bits per heavy atom. The van der Waals surface area contributed by atoms with Crippen molar-refractivity contribution in [3.05, 3.63) is 41.5 Å². The second kappa shape index (κ2) is 4.95. The quantitative estimate of drug-likeness (QED) is 0.940. The van der Waals surface area contributed by atoms with Crippen LogP contribution in [0.4, 0.5) is 9.39 Å². The van der Waals surface area contributed by atoms with Crippen LogP contribution in [0.15, 0.2) is 35.7 Å². The van der Waals surface area contributed by atoms with E-state index in [2.05, 4.69) is 4.72 Å². The molecule has 0 atom stereocenters. The van der Waals surface area contributed by atoms with Crippen molar-refractivity contribution in [1.29, 1.82) is 0 Å². The lowest BCUT2D eigenvalue weighted by molar-refractivity contribution is 0.483. The third-order valence-electron chi connectivity index (χ3n) is 1.91. The molecule has 0 spiro atoms. The van der Waals surface area contributed by atoms with Crippen LogP contribution in [0.25, 0.3) is 0 Å². The summed E-state index contributed by atoms with van der Waals surface area (Å²) in [6.07, 6.45) is 1.08. The summed E-state index contributed by atoms with van der Waals surface area (Å²) < 4.78 is 42.5.